The molecule has 2 amide bonds. The van der Waals surface area contributed by atoms with Crippen LogP contribution in [-0.4, -0.2) is 18.4 Å². The van der Waals surface area contributed by atoms with Crippen LogP contribution in [0.3, 0.4) is 0 Å². The Bertz CT molecular complexity index is 761. The normalized spacial score (nSPS) is 15.4. The Balaban J connectivity index is 1.79. The molecule has 2 aromatic rings. The minimum atomic E-state index is -0.184. The summed E-state index contributed by atoms with van der Waals surface area (Å²) in [6.45, 7) is 2.58. The largest absolute Gasteiger partial charge is 0.346 e. The summed E-state index contributed by atoms with van der Waals surface area (Å²) >= 11 is 6.22. The molecule has 5 heteroatoms. The fourth-order valence-electron chi connectivity index (χ4n) is 2.87. The lowest BCUT2D eigenvalue weighted by molar-refractivity contribution is -0.117. The average Bonchev–Trinajstić information content (AvgIpc) is 3.02. The third-order valence-electron chi connectivity index (χ3n) is 4.22. The number of hydrogen-bond donors (Lipinski definition) is 1. The summed E-state index contributed by atoms with van der Waals surface area (Å²) in [5, 5.41) is 3.46. The molecule has 1 atom stereocenters. The Kier molecular flexibility index (Phi) is 4.86. The summed E-state index contributed by atoms with van der Waals surface area (Å²) in [7, 11) is 0. The van der Waals surface area contributed by atoms with Crippen molar-refractivity contribution >= 4 is 29.1 Å². The molecule has 2 aromatic carbocycles. The number of rotatable bonds is 4. The summed E-state index contributed by atoms with van der Waals surface area (Å²) in [4.78, 5) is 26.1. The van der Waals surface area contributed by atoms with Gasteiger partial charge in [-0.3, -0.25) is 9.59 Å². The summed E-state index contributed by atoms with van der Waals surface area (Å²) in [5.74, 6) is -0.136. The van der Waals surface area contributed by atoms with Gasteiger partial charge in [0, 0.05) is 18.5 Å². The van der Waals surface area contributed by atoms with Gasteiger partial charge in [-0.15, -0.1) is 0 Å². The van der Waals surface area contributed by atoms with Crippen molar-refractivity contribution < 1.29 is 9.59 Å². The van der Waals surface area contributed by atoms with E-state index >= 15 is 0 Å². The maximum atomic E-state index is 12.5. The predicted octanol–water partition coefficient (Wildman–Crippen LogP) is 3.96. The van der Waals surface area contributed by atoms with Crippen molar-refractivity contribution in [3.05, 3.63) is 64.7 Å². The van der Waals surface area contributed by atoms with Gasteiger partial charge in [-0.05, 0) is 37.1 Å². The molecular weight excluding hydrogens is 324 g/mol. The Labute approximate surface area is 146 Å². The van der Waals surface area contributed by atoms with Gasteiger partial charge in [0.1, 0.15) is 0 Å². The van der Waals surface area contributed by atoms with E-state index in [4.69, 9.17) is 11.6 Å². The molecule has 3 rings (SSSR count). The van der Waals surface area contributed by atoms with Crippen LogP contribution in [0.1, 0.15) is 41.7 Å². The lowest BCUT2D eigenvalue weighted by Crippen LogP contribution is -2.28. The highest BCUT2D eigenvalue weighted by Crippen LogP contribution is 2.30. The second-order valence-corrected chi connectivity index (χ2v) is 6.33. The van der Waals surface area contributed by atoms with Crippen molar-refractivity contribution in [1.82, 2.24) is 5.32 Å². The third kappa shape index (κ3) is 3.44. The zero-order valence-electron chi connectivity index (χ0n) is 13.5. The molecule has 0 spiro atoms. The first-order valence-corrected chi connectivity index (χ1v) is 8.40. The number of halogens is 1. The Morgan fingerprint density at radius 2 is 1.96 bits per heavy atom. The lowest BCUT2D eigenvalue weighted by atomic mass is 10.1. The Hall–Kier alpha value is -2.33. The Morgan fingerprint density at radius 1 is 1.21 bits per heavy atom. The second-order valence-electron chi connectivity index (χ2n) is 5.92. The standard InChI is InChI=1S/C19H19ClN2O2/c1-13(14-6-3-2-4-7-14)21-19(24)15-9-10-16(20)17(12-15)22-11-5-8-18(22)23/h2-4,6-7,9-10,12-13H,5,8,11H2,1H3,(H,21,24)/t13-/m1/s1. The van der Waals surface area contributed by atoms with E-state index in [0.29, 0.717) is 29.2 Å². The molecule has 1 saturated heterocycles. The van der Waals surface area contributed by atoms with Crippen LogP contribution in [0, 0.1) is 0 Å². The van der Waals surface area contributed by atoms with Gasteiger partial charge in [0.25, 0.3) is 5.91 Å². The molecule has 0 aliphatic carbocycles. The minimum Gasteiger partial charge on any atom is -0.346 e. The van der Waals surface area contributed by atoms with Gasteiger partial charge in [-0.25, -0.2) is 0 Å². The second kappa shape index (κ2) is 7.05. The van der Waals surface area contributed by atoms with Crippen LogP contribution in [0.15, 0.2) is 48.5 Å². The van der Waals surface area contributed by atoms with Gasteiger partial charge in [0.15, 0.2) is 0 Å². The molecule has 0 unspecified atom stereocenters. The molecule has 1 aliphatic rings. The van der Waals surface area contributed by atoms with Crippen LogP contribution < -0.4 is 10.2 Å². The fourth-order valence-corrected chi connectivity index (χ4v) is 3.09. The maximum absolute atomic E-state index is 12.5. The van der Waals surface area contributed by atoms with Gasteiger partial charge in [0.2, 0.25) is 5.91 Å². The molecule has 1 heterocycles. The molecule has 4 nitrogen and oxygen atoms in total. The topological polar surface area (TPSA) is 49.4 Å². The molecule has 0 bridgehead atoms. The molecular formula is C19H19ClN2O2. The fraction of sp³-hybridized carbons (Fsp3) is 0.263. The quantitative estimate of drug-likeness (QED) is 0.914. The van der Waals surface area contributed by atoms with Gasteiger partial charge in [0.05, 0.1) is 16.8 Å². The highest BCUT2D eigenvalue weighted by molar-refractivity contribution is 6.34. The van der Waals surface area contributed by atoms with Crippen LogP contribution >= 0.6 is 11.6 Å². The van der Waals surface area contributed by atoms with E-state index in [0.717, 1.165) is 12.0 Å². The van der Waals surface area contributed by atoms with Crippen LogP contribution in [0.4, 0.5) is 5.69 Å². The van der Waals surface area contributed by atoms with E-state index in [1.54, 1.807) is 23.1 Å². The van der Waals surface area contributed by atoms with Gasteiger partial charge in [-0.1, -0.05) is 41.9 Å². The lowest BCUT2D eigenvalue weighted by Gasteiger charge is -2.19. The number of carbonyl (C=O) groups is 2. The number of amides is 2. The number of anilines is 1. The minimum absolute atomic E-state index is 0.0483. The van der Waals surface area contributed by atoms with Crippen molar-refractivity contribution in [3.63, 3.8) is 0 Å². The number of nitrogens with zero attached hydrogens (tertiary/aromatic N) is 1. The van der Waals surface area contributed by atoms with Crippen molar-refractivity contribution in [2.24, 2.45) is 0 Å². The molecule has 0 saturated carbocycles. The van der Waals surface area contributed by atoms with Crippen LogP contribution in [0.25, 0.3) is 0 Å². The molecule has 1 aliphatic heterocycles. The third-order valence-corrected chi connectivity index (χ3v) is 4.54. The average molecular weight is 343 g/mol. The summed E-state index contributed by atoms with van der Waals surface area (Å²) < 4.78 is 0. The SMILES string of the molecule is C[C@@H](NC(=O)c1ccc(Cl)c(N2CCCC2=O)c1)c1ccccc1. The van der Waals surface area contributed by atoms with Crippen molar-refractivity contribution in [2.75, 3.05) is 11.4 Å². The van der Waals surface area contributed by atoms with E-state index in [1.165, 1.54) is 0 Å². The van der Waals surface area contributed by atoms with E-state index in [9.17, 15) is 9.59 Å². The van der Waals surface area contributed by atoms with Gasteiger partial charge in [-0.2, -0.15) is 0 Å². The van der Waals surface area contributed by atoms with Gasteiger partial charge >= 0.3 is 0 Å². The van der Waals surface area contributed by atoms with Crippen LogP contribution in [-0.2, 0) is 4.79 Å². The number of nitrogens with one attached hydrogen (secondary N) is 1. The van der Waals surface area contributed by atoms with E-state index in [1.807, 2.05) is 37.3 Å². The molecule has 0 radical (unpaired) electrons. The number of carbonyl (C=O) groups excluding carboxylic acids is 2. The smallest absolute Gasteiger partial charge is 0.251 e. The van der Waals surface area contributed by atoms with Crippen molar-refractivity contribution in [2.45, 2.75) is 25.8 Å². The highest BCUT2D eigenvalue weighted by Gasteiger charge is 2.24. The predicted molar refractivity (Wildman–Crippen MR) is 95.4 cm³/mol. The maximum Gasteiger partial charge on any atom is 0.251 e. The van der Waals surface area contributed by atoms with Crippen molar-refractivity contribution in [1.29, 1.82) is 0 Å². The first-order chi connectivity index (χ1) is 11.6. The molecule has 24 heavy (non-hydrogen) atoms. The number of benzene rings is 2. The molecule has 0 aromatic heterocycles. The summed E-state index contributed by atoms with van der Waals surface area (Å²) in [5.41, 5.74) is 2.14. The van der Waals surface area contributed by atoms with Crippen molar-refractivity contribution in [3.8, 4) is 0 Å². The molecule has 1 fully saturated rings. The van der Waals surface area contributed by atoms with Crippen LogP contribution in [0.2, 0.25) is 5.02 Å². The first-order valence-electron chi connectivity index (χ1n) is 8.02. The van der Waals surface area contributed by atoms with E-state index in [-0.39, 0.29) is 17.9 Å². The number of hydrogen-bond acceptors (Lipinski definition) is 2. The zero-order chi connectivity index (χ0) is 17.1. The van der Waals surface area contributed by atoms with Crippen LogP contribution in [0.5, 0.6) is 0 Å². The van der Waals surface area contributed by atoms with E-state index in [2.05, 4.69) is 5.32 Å². The van der Waals surface area contributed by atoms with Gasteiger partial charge < -0.3 is 10.2 Å². The first kappa shape index (κ1) is 16.5. The summed E-state index contributed by atoms with van der Waals surface area (Å²) in [6.07, 6.45) is 1.34. The van der Waals surface area contributed by atoms with E-state index < -0.39 is 0 Å². The summed E-state index contributed by atoms with van der Waals surface area (Å²) in [6, 6.07) is 14.7. The highest BCUT2D eigenvalue weighted by atomic mass is 35.5. The molecule has 1 N–H and O–H groups in total. The Morgan fingerprint density at radius 3 is 2.62 bits per heavy atom. The molecule has 124 valence electrons. The monoisotopic (exact) mass is 342 g/mol. The zero-order valence-corrected chi connectivity index (χ0v) is 14.2.